The number of piperidine rings is 2. The summed E-state index contributed by atoms with van der Waals surface area (Å²) in [6, 6.07) is 0. The minimum atomic E-state index is 0.0252. The molecule has 0 amide bonds. The lowest BCUT2D eigenvalue weighted by atomic mass is 10.2. The van der Waals surface area contributed by atoms with Crippen molar-refractivity contribution in [1.82, 2.24) is 19.9 Å². The Kier molecular flexibility index (Phi) is 5.57. The fourth-order valence-electron chi connectivity index (χ4n) is 4.81. The summed E-state index contributed by atoms with van der Waals surface area (Å²) < 4.78 is 0. The summed E-state index contributed by atoms with van der Waals surface area (Å²) in [5, 5.41) is 12.6. The molecule has 4 atom stereocenters. The topological polar surface area (TPSA) is 127 Å². The van der Waals surface area contributed by atoms with Crippen LogP contribution in [0.1, 0.15) is 35.4 Å². The van der Waals surface area contributed by atoms with E-state index in [4.69, 9.17) is 10.6 Å². The smallest absolute Gasteiger partial charge is 0.225 e. The van der Waals surface area contributed by atoms with E-state index < -0.39 is 0 Å². The molecule has 10 heteroatoms. The van der Waals surface area contributed by atoms with Crippen molar-refractivity contribution >= 4 is 11.9 Å². The van der Waals surface area contributed by atoms with Crippen LogP contribution >= 0.6 is 0 Å². The van der Waals surface area contributed by atoms with Gasteiger partial charge in [0, 0.05) is 60.4 Å². The number of hydrogen-bond donors (Lipinski definition) is 1. The molecular weight excluding hydrogens is 406 g/mol. The van der Waals surface area contributed by atoms with Crippen LogP contribution in [-0.4, -0.2) is 51.2 Å². The number of azide groups is 1. The van der Waals surface area contributed by atoms with Gasteiger partial charge in [-0.3, -0.25) is 0 Å². The molecule has 168 valence electrons. The molecule has 2 aromatic heterocycles. The number of fused-ring (bicyclic) bond motifs is 2. The molecule has 0 aromatic carbocycles. The van der Waals surface area contributed by atoms with Crippen LogP contribution in [0.15, 0.2) is 17.5 Å². The van der Waals surface area contributed by atoms with E-state index in [1.807, 2.05) is 13.8 Å². The molecule has 2 aliphatic heterocycles. The van der Waals surface area contributed by atoms with Crippen LogP contribution in [0, 0.1) is 37.5 Å². The Hall–Kier alpha value is -2.97. The van der Waals surface area contributed by atoms with Crippen molar-refractivity contribution in [3.8, 4) is 0 Å². The second-order valence-electron chi connectivity index (χ2n) is 9.43. The first-order chi connectivity index (χ1) is 15.6. The molecule has 32 heavy (non-hydrogen) atoms. The Labute approximate surface area is 187 Å². The van der Waals surface area contributed by atoms with Gasteiger partial charge in [-0.05, 0) is 61.5 Å². The Morgan fingerprint density at radius 1 is 0.906 bits per heavy atom. The second kappa shape index (κ2) is 8.52. The van der Waals surface area contributed by atoms with Gasteiger partial charge >= 0.3 is 0 Å². The lowest BCUT2D eigenvalue weighted by Crippen LogP contribution is -2.24. The average molecular weight is 436 g/mol. The highest BCUT2D eigenvalue weighted by molar-refractivity contribution is 5.37. The maximum absolute atomic E-state index is 9.03. The number of hydrogen-bond acceptors (Lipinski definition) is 8. The zero-order valence-corrected chi connectivity index (χ0v) is 18.6. The average Bonchev–Trinajstić information content (AvgIpc) is 3.64. The van der Waals surface area contributed by atoms with E-state index >= 15 is 0 Å². The number of aliphatic hydroxyl groups is 1. The van der Waals surface area contributed by atoms with Crippen molar-refractivity contribution in [3.05, 3.63) is 45.4 Å². The van der Waals surface area contributed by atoms with Gasteiger partial charge in [0.1, 0.15) is 0 Å². The molecule has 4 heterocycles. The summed E-state index contributed by atoms with van der Waals surface area (Å²) in [7, 11) is 0. The number of nitrogens with zero attached hydrogens (tertiary/aromatic N) is 9. The van der Waals surface area contributed by atoms with E-state index in [-0.39, 0.29) is 6.61 Å². The first-order valence-electron chi connectivity index (χ1n) is 11.3. The predicted molar refractivity (Wildman–Crippen MR) is 120 cm³/mol. The summed E-state index contributed by atoms with van der Waals surface area (Å²) in [4.78, 5) is 24.9. The third kappa shape index (κ3) is 4.33. The van der Waals surface area contributed by atoms with E-state index in [0.717, 1.165) is 84.3 Å². The molecule has 6 rings (SSSR count). The summed E-state index contributed by atoms with van der Waals surface area (Å²) >= 11 is 0. The Morgan fingerprint density at radius 3 is 1.78 bits per heavy atom. The van der Waals surface area contributed by atoms with Crippen LogP contribution in [0.2, 0.25) is 0 Å². The van der Waals surface area contributed by atoms with Crippen LogP contribution in [0.25, 0.3) is 10.4 Å². The van der Waals surface area contributed by atoms with Crippen molar-refractivity contribution in [1.29, 1.82) is 0 Å². The third-order valence-electron chi connectivity index (χ3n) is 7.13. The number of aliphatic hydroxyl groups excluding tert-OH is 1. The first kappa shape index (κ1) is 20.9. The van der Waals surface area contributed by atoms with Crippen molar-refractivity contribution < 1.29 is 5.11 Å². The van der Waals surface area contributed by atoms with Gasteiger partial charge < -0.3 is 14.9 Å². The Balaban J connectivity index is 0.000000136. The second-order valence-corrected chi connectivity index (χ2v) is 9.43. The predicted octanol–water partition coefficient (Wildman–Crippen LogP) is 2.78. The van der Waals surface area contributed by atoms with E-state index in [1.54, 1.807) is 12.4 Å². The monoisotopic (exact) mass is 435 g/mol. The SMILES string of the molecule is Cc1nc(N2CC3CC3C2)ncc1CN=[N+]=[N-].Cc1nc(N2CC3CC3C2)ncc1CO. The summed E-state index contributed by atoms with van der Waals surface area (Å²) in [6.07, 6.45) is 6.28. The van der Waals surface area contributed by atoms with Gasteiger partial charge in [0.15, 0.2) is 0 Å². The molecule has 2 aliphatic carbocycles. The summed E-state index contributed by atoms with van der Waals surface area (Å²) in [5.41, 5.74) is 11.8. The fourth-order valence-corrected chi connectivity index (χ4v) is 4.81. The van der Waals surface area contributed by atoms with Crippen molar-refractivity contribution in [2.24, 2.45) is 28.8 Å². The summed E-state index contributed by atoms with van der Waals surface area (Å²) in [5.74, 6) is 5.19. The highest BCUT2D eigenvalue weighted by Gasteiger charge is 2.46. The molecule has 2 saturated heterocycles. The minimum Gasteiger partial charge on any atom is -0.392 e. The molecule has 0 bridgehead atoms. The number of rotatable bonds is 5. The lowest BCUT2D eigenvalue weighted by Gasteiger charge is -2.18. The Bertz CT molecular complexity index is 1030. The lowest BCUT2D eigenvalue weighted by molar-refractivity contribution is 0.280. The normalized spacial score (nSPS) is 26.6. The van der Waals surface area contributed by atoms with Crippen molar-refractivity contribution in [2.75, 3.05) is 36.0 Å². The maximum atomic E-state index is 9.03. The molecule has 1 N–H and O–H groups in total. The van der Waals surface area contributed by atoms with Crippen LogP contribution in [0.3, 0.4) is 0 Å². The van der Waals surface area contributed by atoms with E-state index in [1.165, 1.54) is 12.8 Å². The largest absolute Gasteiger partial charge is 0.392 e. The number of aromatic nitrogens is 4. The molecule has 0 radical (unpaired) electrons. The molecule has 4 fully saturated rings. The van der Waals surface area contributed by atoms with E-state index in [0.29, 0.717) is 6.54 Å². The fraction of sp³-hybridized carbons (Fsp3) is 0.636. The quantitative estimate of drug-likeness (QED) is 0.434. The standard InChI is InChI=1S/C11H14N6.C11H15N3O/c1-7-10(4-14-16-12)3-13-11(15-7)17-5-8-2-9(8)6-17;1-7-10(6-15)3-12-11(13-7)14-4-8-2-9(8)5-14/h3,8-9H,2,4-6H2,1H3;3,8-9,15H,2,4-6H2,1H3. The van der Waals surface area contributed by atoms with E-state index in [9.17, 15) is 0 Å². The van der Waals surface area contributed by atoms with Gasteiger partial charge in [0.05, 0.1) is 13.2 Å². The van der Waals surface area contributed by atoms with E-state index in [2.05, 4.69) is 39.8 Å². The molecule has 2 aromatic rings. The maximum Gasteiger partial charge on any atom is 0.225 e. The molecule has 10 nitrogen and oxygen atoms in total. The van der Waals surface area contributed by atoms with Gasteiger partial charge in [-0.2, -0.15) is 0 Å². The van der Waals surface area contributed by atoms with Crippen molar-refractivity contribution in [3.63, 3.8) is 0 Å². The molecule has 4 aliphatic rings. The molecular formula is C22H29N9O. The van der Waals surface area contributed by atoms with Crippen molar-refractivity contribution in [2.45, 2.75) is 39.8 Å². The number of anilines is 2. The zero-order chi connectivity index (χ0) is 22.2. The minimum absolute atomic E-state index is 0.0252. The zero-order valence-electron chi connectivity index (χ0n) is 18.6. The van der Waals surface area contributed by atoms with Gasteiger partial charge in [-0.25, -0.2) is 19.9 Å². The van der Waals surface area contributed by atoms with Gasteiger partial charge in [-0.1, -0.05) is 5.11 Å². The third-order valence-corrected chi connectivity index (χ3v) is 7.13. The van der Waals surface area contributed by atoms with Crippen LogP contribution in [0.4, 0.5) is 11.9 Å². The first-order valence-corrected chi connectivity index (χ1v) is 11.3. The molecule has 2 saturated carbocycles. The van der Waals surface area contributed by atoms with Gasteiger partial charge in [0.25, 0.3) is 0 Å². The highest BCUT2D eigenvalue weighted by Crippen LogP contribution is 2.46. The van der Waals surface area contributed by atoms with Gasteiger partial charge in [0.2, 0.25) is 11.9 Å². The van der Waals surface area contributed by atoms with Crippen LogP contribution in [0.5, 0.6) is 0 Å². The molecule has 0 spiro atoms. The summed E-state index contributed by atoms with van der Waals surface area (Å²) in [6.45, 7) is 8.63. The molecule has 4 unspecified atom stereocenters. The number of aryl methyl sites for hydroxylation is 2. The van der Waals surface area contributed by atoms with Gasteiger partial charge in [-0.15, -0.1) is 0 Å². The highest BCUT2D eigenvalue weighted by atomic mass is 16.3. The Morgan fingerprint density at radius 2 is 1.38 bits per heavy atom. The van der Waals surface area contributed by atoms with Crippen LogP contribution in [-0.2, 0) is 13.2 Å². The van der Waals surface area contributed by atoms with Crippen LogP contribution < -0.4 is 9.80 Å².